The molecule has 1 aromatic carbocycles. The van der Waals surface area contributed by atoms with Gasteiger partial charge in [-0.15, -0.1) is 11.3 Å². The molecule has 0 aliphatic heterocycles. The maximum atomic E-state index is 12.7. The molecule has 0 radical (unpaired) electrons. The number of likely N-dealkylation sites (N-methyl/N-ethyl adjacent to an activating group) is 1. The molecule has 0 N–H and O–H groups in total. The molecule has 0 aliphatic rings. The highest BCUT2D eigenvalue weighted by molar-refractivity contribution is 7.13. The van der Waals surface area contributed by atoms with Crippen LogP contribution in [-0.4, -0.2) is 41.0 Å². The SMILES string of the molecule is CCOC(=O)C(C)(C)N(C)C(=O)c1csc(-c2ccc(C)cc2C)n1. The minimum atomic E-state index is -1.06. The van der Waals surface area contributed by atoms with Crippen molar-refractivity contribution in [2.24, 2.45) is 0 Å². The molecule has 25 heavy (non-hydrogen) atoms. The van der Waals surface area contributed by atoms with Crippen LogP contribution >= 0.6 is 11.3 Å². The van der Waals surface area contributed by atoms with Crippen molar-refractivity contribution in [2.45, 2.75) is 40.2 Å². The van der Waals surface area contributed by atoms with Crippen LogP contribution in [0.1, 0.15) is 42.4 Å². The second-order valence-corrected chi connectivity index (χ2v) is 7.36. The molecule has 1 heterocycles. The second-order valence-electron chi connectivity index (χ2n) is 6.50. The summed E-state index contributed by atoms with van der Waals surface area (Å²) >= 11 is 1.42. The van der Waals surface area contributed by atoms with E-state index in [4.69, 9.17) is 4.74 Å². The molecule has 1 aromatic heterocycles. The number of carbonyl (C=O) groups excluding carboxylic acids is 2. The molecule has 2 aromatic rings. The van der Waals surface area contributed by atoms with Gasteiger partial charge in [0.15, 0.2) is 0 Å². The number of benzene rings is 1. The summed E-state index contributed by atoms with van der Waals surface area (Å²) in [6, 6.07) is 6.14. The maximum absolute atomic E-state index is 12.7. The topological polar surface area (TPSA) is 59.5 Å². The second kappa shape index (κ2) is 7.35. The molecule has 0 spiro atoms. The van der Waals surface area contributed by atoms with Gasteiger partial charge in [-0.1, -0.05) is 23.8 Å². The summed E-state index contributed by atoms with van der Waals surface area (Å²) in [4.78, 5) is 30.7. The molecule has 0 atom stereocenters. The van der Waals surface area contributed by atoms with Crippen molar-refractivity contribution in [3.63, 3.8) is 0 Å². The first-order valence-corrected chi connectivity index (χ1v) is 9.05. The highest BCUT2D eigenvalue weighted by Crippen LogP contribution is 2.28. The van der Waals surface area contributed by atoms with Gasteiger partial charge in [0.2, 0.25) is 0 Å². The Morgan fingerprint density at radius 3 is 2.56 bits per heavy atom. The quantitative estimate of drug-likeness (QED) is 0.760. The van der Waals surface area contributed by atoms with Gasteiger partial charge in [0.05, 0.1) is 6.61 Å². The summed E-state index contributed by atoms with van der Waals surface area (Å²) in [5, 5.41) is 2.53. The fourth-order valence-corrected chi connectivity index (χ4v) is 3.30. The van der Waals surface area contributed by atoms with E-state index in [2.05, 4.69) is 11.1 Å². The third kappa shape index (κ3) is 3.90. The summed E-state index contributed by atoms with van der Waals surface area (Å²) < 4.78 is 5.06. The Hall–Kier alpha value is -2.21. The molecule has 0 saturated heterocycles. The third-order valence-electron chi connectivity index (χ3n) is 4.25. The van der Waals surface area contributed by atoms with Crippen molar-refractivity contribution < 1.29 is 14.3 Å². The lowest BCUT2D eigenvalue weighted by Gasteiger charge is -2.32. The van der Waals surface area contributed by atoms with E-state index in [1.807, 2.05) is 26.0 Å². The van der Waals surface area contributed by atoms with Gasteiger partial charge < -0.3 is 9.64 Å². The van der Waals surface area contributed by atoms with Crippen molar-refractivity contribution in [3.8, 4) is 10.6 Å². The lowest BCUT2D eigenvalue weighted by atomic mass is 10.0. The minimum absolute atomic E-state index is 0.276. The molecule has 134 valence electrons. The van der Waals surface area contributed by atoms with Crippen molar-refractivity contribution in [1.29, 1.82) is 0 Å². The minimum Gasteiger partial charge on any atom is -0.464 e. The van der Waals surface area contributed by atoms with E-state index in [9.17, 15) is 9.59 Å². The number of aromatic nitrogens is 1. The van der Waals surface area contributed by atoms with Gasteiger partial charge in [-0.3, -0.25) is 4.79 Å². The summed E-state index contributed by atoms with van der Waals surface area (Å²) in [5.74, 6) is -0.735. The average Bonchev–Trinajstić information content (AvgIpc) is 3.03. The van der Waals surface area contributed by atoms with E-state index in [-0.39, 0.29) is 12.5 Å². The van der Waals surface area contributed by atoms with Gasteiger partial charge in [-0.05, 0) is 40.2 Å². The molecular weight excluding hydrogens is 336 g/mol. The van der Waals surface area contributed by atoms with Gasteiger partial charge in [0.1, 0.15) is 16.2 Å². The number of rotatable bonds is 5. The van der Waals surface area contributed by atoms with Crippen LogP contribution in [0.5, 0.6) is 0 Å². The van der Waals surface area contributed by atoms with Crippen LogP contribution in [0, 0.1) is 13.8 Å². The highest BCUT2D eigenvalue weighted by atomic mass is 32.1. The standard InChI is InChI=1S/C19H24N2O3S/c1-7-24-18(23)19(4,5)21(6)17(22)15-11-25-16(20-15)14-9-8-12(2)10-13(14)3/h8-11H,7H2,1-6H3. The number of hydrogen-bond acceptors (Lipinski definition) is 5. The third-order valence-corrected chi connectivity index (χ3v) is 5.13. The van der Waals surface area contributed by atoms with E-state index in [1.54, 1.807) is 33.2 Å². The Kier molecular flexibility index (Phi) is 5.62. The van der Waals surface area contributed by atoms with Crippen LogP contribution in [0.4, 0.5) is 0 Å². The predicted octanol–water partition coefficient (Wildman–Crippen LogP) is 3.84. The fourth-order valence-electron chi connectivity index (χ4n) is 2.42. The van der Waals surface area contributed by atoms with Crippen LogP contribution < -0.4 is 0 Å². The number of esters is 1. The Bertz CT molecular complexity index is 796. The molecule has 0 bridgehead atoms. The number of aryl methyl sites for hydroxylation is 2. The summed E-state index contributed by atoms with van der Waals surface area (Å²) in [7, 11) is 1.59. The highest BCUT2D eigenvalue weighted by Gasteiger charge is 2.37. The molecule has 1 amide bonds. The van der Waals surface area contributed by atoms with E-state index < -0.39 is 11.5 Å². The van der Waals surface area contributed by atoms with E-state index in [0.29, 0.717) is 5.69 Å². The van der Waals surface area contributed by atoms with Crippen LogP contribution in [-0.2, 0) is 9.53 Å². The Balaban J connectivity index is 2.26. The maximum Gasteiger partial charge on any atom is 0.331 e. The zero-order valence-electron chi connectivity index (χ0n) is 15.5. The summed E-state index contributed by atoms with van der Waals surface area (Å²) in [5.41, 5.74) is 2.59. The number of ether oxygens (including phenoxy) is 1. The molecule has 6 heteroatoms. The fraction of sp³-hybridized carbons (Fsp3) is 0.421. The predicted molar refractivity (Wildman–Crippen MR) is 99.8 cm³/mol. The molecule has 5 nitrogen and oxygen atoms in total. The molecule has 0 saturated carbocycles. The number of carbonyl (C=O) groups is 2. The van der Waals surface area contributed by atoms with Crippen molar-refractivity contribution in [1.82, 2.24) is 9.88 Å². The van der Waals surface area contributed by atoms with Gasteiger partial charge in [0, 0.05) is 18.0 Å². The van der Waals surface area contributed by atoms with Crippen LogP contribution in [0.2, 0.25) is 0 Å². The van der Waals surface area contributed by atoms with Crippen molar-refractivity contribution in [2.75, 3.05) is 13.7 Å². The Morgan fingerprint density at radius 2 is 1.96 bits per heavy atom. The largest absolute Gasteiger partial charge is 0.464 e. The molecule has 0 fully saturated rings. The first-order chi connectivity index (χ1) is 11.7. The zero-order valence-corrected chi connectivity index (χ0v) is 16.4. The van der Waals surface area contributed by atoms with Crippen molar-refractivity contribution >= 4 is 23.2 Å². The molecule has 0 aliphatic carbocycles. The summed E-state index contributed by atoms with van der Waals surface area (Å²) in [6.45, 7) is 9.42. The number of nitrogens with zero attached hydrogens (tertiary/aromatic N) is 2. The van der Waals surface area contributed by atoms with Crippen LogP contribution in [0.15, 0.2) is 23.6 Å². The smallest absolute Gasteiger partial charge is 0.331 e. The average molecular weight is 360 g/mol. The Morgan fingerprint density at radius 1 is 1.28 bits per heavy atom. The number of thiazole rings is 1. The van der Waals surface area contributed by atoms with E-state index >= 15 is 0 Å². The van der Waals surface area contributed by atoms with Gasteiger partial charge in [0.25, 0.3) is 5.91 Å². The molecular formula is C19H24N2O3S. The van der Waals surface area contributed by atoms with Gasteiger partial charge in [-0.2, -0.15) is 0 Å². The van der Waals surface area contributed by atoms with Crippen LogP contribution in [0.25, 0.3) is 10.6 Å². The number of hydrogen-bond donors (Lipinski definition) is 0. The van der Waals surface area contributed by atoms with Crippen LogP contribution in [0.3, 0.4) is 0 Å². The van der Waals surface area contributed by atoms with Crippen molar-refractivity contribution in [3.05, 3.63) is 40.4 Å². The lowest BCUT2D eigenvalue weighted by molar-refractivity contribution is -0.153. The Labute approximate surface area is 152 Å². The monoisotopic (exact) mass is 360 g/mol. The molecule has 0 unspecified atom stereocenters. The van der Waals surface area contributed by atoms with E-state index in [1.165, 1.54) is 21.8 Å². The summed E-state index contributed by atoms with van der Waals surface area (Å²) in [6.07, 6.45) is 0. The lowest BCUT2D eigenvalue weighted by Crippen LogP contribution is -2.51. The molecule has 2 rings (SSSR count). The first-order valence-electron chi connectivity index (χ1n) is 8.17. The zero-order chi connectivity index (χ0) is 18.8. The van der Waals surface area contributed by atoms with Gasteiger partial charge in [-0.25, -0.2) is 9.78 Å². The number of amides is 1. The first kappa shape index (κ1) is 19.1. The van der Waals surface area contributed by atoms with Gasteiger partial charge >= 0.3 is 5.97 Å². The van der Waals surface area contributed by atoms with E-state index in [0.717, 1.165) is 16.1 Å². The normalized spacial score (nSPS) is 11.3.